The van der Waals surface area contributed by atoms with Crippen molar-refractivity contribution in [3.8, 4) is 0 Å². The van der Waals surface area contributed by atoms with Crippen LogP contribution in [0.25, 0.3) is 0 Å². The third kappa shape index (κ3) is 1.92. The summed E-state index contributed by atoms with van der Waals surface area (Å²) in [6, 6.07) is 6.30. The minimum atomic E-state index is -0.689. The minimum absolute atomic E-state index is 0.295. The van der Waals surface area contributed by atoms with Gasteiger partial charge < -0.3 is 0 Å². The van der Waals surface area contributed by atoms with E-state index in [4.69, 9.17) is 0 Å². The van der Waals surface area contributed by atoms with Crippen LogP contribution in [-0.2, 0) is 9.59 Å². The van der Waals surface area contributed by atoms with E-state index >= 15 is 0 Å². The quantitative estimate of drug-likeness (QED) is 0.623. The molecule has 1 fully saturated rings. The summed E-state index contributed by atoms with van der Waals surface area (Å²) in [5.41, 5.74) is 0.498. The largest absolute Gasteiger partial charge is 0.335 e. The minimum Gasteiger partial charge on any atom is -0.277 e. The summed E-state index contributed by atoms with van der Waals surface area (Å²) < 4.78 is 0.776. The van der Waals surface area contributed by atoms with Gasteiger partial charge in [0.25, 0.3) is 0 Å². The maximum atomic E-state index is 11.6. The molecule has 0 aromatic heterocycles. The average molecular weight is 330 g/mol. The lowest BCUT2D eigenvalue weighted by Crippen LogP contribution is -2.53. The highest BCUT2D eigenvalue weighted by Crippen LogP contribution is 2.24. The number of amides is 4. The van der Waals surface area contributed by atoms with E-state index in [0.717, 1.165) is 8.47 Å². The number of rotatable bonds is 1. The van der Waals surface area contributed by atoms with E-state index in [2.05, 4.69) is 5.32 Å². The summed E-state index contributed by atoms with van der Waals surface area (Å²) in [7, 11) is 0. The standard InChI is InChI=1S/C10H7IN2O3/c11-6-3-1-2-4-7(6)13-9(15)5-8(14)12-10(13)16/h1-4H,5H2,(H,12,14,16). The summed E-state index contributed by atoms with van der Waals surface area (Å²) >= 11 is 2.03. The van der Waals surface area contributed by atoms with Gasteiger partial charge in [0.1, 0.15) is 6.42 Å². The van der Waals surface area contributed by atoms with E-state index in [1.807, 2.05) is 28.7 Å². The van der Waals surface area contributed by atoms with Crippen LogP contribution in [0.1, 0.15) is 6.42 Å². The van der Waals surface area contributed by atoms with Crippen LogP contribution in [0, 0.1) is 3.57 Å². The molecule has 1 N–H and O–H groups in total. The number of carbonyl (C=O) groups is 3. The molecule has 6 heteroatoms. The molecular formula is C10H7IN2O3. The van der Waals surface area contributed by atoms with Crippen LogP contribution in [0.2, 0.25) is 0 Å². The smallest absolute Gasteiger partial charge is 0.277 e. The van der Waals surface area contributed by atoms with Crippen LogP contribution in [0.5, 0.6) is 0 Å². The highest BCUT2D eigenvalue weighted by molar-refractivity contribution is 14.1. The Morgan fingerprint density at radius 2 is 1.88 bits per heavy atom. The summed E-state index contributed by atoms with van der Waals surface area (Å²) in [6.45, 7) is 0. The molecule has 0 radical (unpaired) electrons. The van der Waals surface area contributed by atoms with Crippen molar-refractivity contribution in [2.24, 2.45) is 0 Å². The number of carbonyl (C=O) groups excluding carboxylic acids is 3. The average Bonchev–Trinajstić information content (AvgIpc) is 2.19. The fourth-order valence-electron chi connectivity index (χ4n) is 1.43. The highest BCUT2D eigenvalue weighted by atomic mass is 127. The van der Waals surface area contributed by atoms with Crippen molar-refractivity contribution in [3.63, 3.8) is 0 Å². The Morgan fingerprint density at radius 3 is 2.50 bits per heavy atom. The molecule has 2 rings (SSSR count). The fourth-order valence-corrected chi connectivity index (χ4v) is 2.05. The molecule has 4 amide bonds. The van der Waals surface area contributed by atoms with Crippen molar-refractivity contribution in [3.05, 3.63) is 27.8 Å². The molecule has 1 aliphatic rings. The number of halogens is 1. The molecule has 0 atom stereocenters. The number of hydrogen-bond acceptors (Lipinski definition) is 3. The van der Waals surface area contributed by atoms with Crippen molar-refractivity contribution in [2.75, 3.05) is 4.90 Å². The van der Waals surface area contributed by atoms with Crippen LogP contribution in [0.4, 0.5) is 10.5 Å². The maximum absolute atomic E-state index is 11.6. The number of para-hydroxylation sites is 1. The van der Waals surface area contributed by atoms with Crippen LogP contribution >= 0.6 is 22.6 Å². The number of nitrogens with zero attached hydrogens (tertiary/aromatic N) is 1. The van der Waals surface area contributed by atoms with E-state index in [-0.39, 0.29) is 6.42 Å². The number of barbiturate groups is 1. The van der Waals surface area contributed by atoms with Gasteiger partial charge in [0.05, 0.1) is 5.69 Å². The second-order valence-corrected chi connectivity index (χ2v) is 4.37. The molecule has 82 valence electrons. The first-order valence-electron chi connectivity index (χ1n) is 4.51. The second-order valence-electron chi connectivity index (χ2n) is 3.21. The first-order chi connectivity index (χ1) is 7.59. The summed E-state index contributed by atoms with van der Waals surface area (Å²) in [5, 5.41) is 2.11. The van der Waals surface area contributed by atoms with Crippen molar-refractivity contribution in [1.82, 2.24) is 5.32 Å². The van der Waals surface area contributed by atoms with Gasteiger partial charge in [0.2, 0.25) is 11.8 Å². The predicted octanol–water partition coefficient (Wildman–Crippen LogP) is 1.26. The zero-order valence-corrected chi connectivity index (χ0v) is 10.2. The van der Waals surface area contributed by atoms with Gasteiger partial charge in [-0.25, -0.2) is 9.69 Å². The third-order valence-corrected chi connectivity index (χ3v) is 3.02. The van der Waals surface area contributed by atoms with Gasteiger partial charge in [-0.3, -0.25) is 14.9 Å². The van der Waals surface area contributed by atoms with Crippen molar-refractivity contribution < 1.29 is 14.4 Å². The monoisotopic (exact) mass is 330 g/mol. The van der Waals surface area contributed by atoms with Gasteiger partial charge in [-0.1, -0.05) is 12.1 Å². The Labute approximate surface area is 105 Å². The highest BCUT2D eigenvalue weighted by Gasteiger charge is 2.32. The normalized spacial score (nSPS) is 16.3. The van der Waals surface area contributed by atoms with E-state index in [1.54, 1.807) is 18.2 Å². The van der Waals surface area contributed by atoms with Crippen LogP contribution in [0.15, 0.2) is 24.3 Å². The summed E-state index contributed by atoms with van der Waals surface area (Å²) in [5.74, 6) is -1.06. The Balaban J connectivity index is 2.41. The molecular weight excluding hydrogens is 323 g/mol. The van der Waals surface area contributed by atoms with Gasteiger partial charge >= 0.3 is 6.03 Å². The topological polar surface area (TPSA) is 66.5 Å². The third-order valence-electron chi connectivity index (χ3n) is 2.10. The van der Waals surface area contributed by atoms with Crippen molar-refractivity contribution >= 4 is 46.1 Å². The van der Waals surface area contributed by atoms with Crippen LogP contribution in [-0.4, -0.2) is 17.8 Å². The van der Waals surface area contributed by atoms with Gasteiger partial charge in [0, 0.05) is 3.57 Å². The molecule has 5 nitrogen and oxygen atoms in total. The number of benzene rings is 1. The lowest BCUT2D eigenvalue weighted by atomic mass is 10.2. The van der Waals surface area contributed by atoms with Gasteiger partial charge in [0.15, 0.2) is 0 Å². The Hall–Kier alpha value is -1.44. The number of nitrogens with one attached hydrogen (secondary N) is 1. The molecule has 1 aromatic carbocycles. The van der Waals surface area contributed by atoms with E-state index < -0.39 is 17.8 Å². The molecule has 0 unspecified atom stereocenters. The summed E-state index contributed by atoms with van der Waals surface area (Å²) in [6.07, 6.45) is -0.295. The molecule has 1 heterocycles. The maximum Gasteiger partial charge on any atom is 0.335 e. The van der Waals surface area contributed by atoms with E-state index in [9.17, 15) is 14.4 Å². The Bertz CT molecular complexity index is 467. The van der Waals surface area contributed by atoms with Crippen molar-refractivity contribution in [1.29, 1.82) is 0 Å². The second kappa shape index (κ2) is 4.20. The Morgan fingerprint density at radius 1 is 1.19 bits per heavy atom. The Kier molecular flexibility index (Phi) is 2.90. The van der Waals surface area contributed by atoms with E-state index in [0.29, 0.717) is 5.69 Å². The molecule has 0 bridgehead atoms. The first-order valence-corrected chi connectivity index (χ1v) is 5.59. The SMILES string of the molecule is O=C1CC(=O)N(c2ccccc2I)C(=O)N1. The lowest BCUT2D eigenvalue weighted by molar-refractivity contribution is -0.128. The molecule has 16 heavy (non-hydrogen) atoms. The lowest BCUT2D eigenvalue weighted by Gasteiger charge is -2.25. The molecule has 1 aromatic rings. The molecule has 0 spiro atoms. The summed E-state index contributed by atoms with van der Waals surface area (Å²) in [4.78, 5) is 35.1. The van der Waals surface area contributed by atoms with Crippen molar-refractivity contribution in [2.45, 2.75) is 6.42 Å². The zero-order chi connectivity index (χ0) is 11.7. The van der Waals surface area contributed by atoms with E-state index in [1.165, 1.54) is 0 Å². The molecule has 1 aliphatic heterocycles. The molecule has 1 saturated heterocycles. The fraction of sp³-hybridized carbons (Fsp3) is 0.100. The van der Waals surface area contributed by atoms with Crippen LogP contribution < -0.4 is 10.2 Å². The molecule has 0 saturated carbocycles. The van der Waals surface area contributed by atoms with Gasteiger partial charge in [-0.05, 0) is 34.7 Å². The molecule has 0 aliphatic carbocycles. The number of anilines is 1. The number of imide groups is 2. The van der Waals surface area contributed by atoms with Gasteiger partial charge in [-0.15, -0.1) is 0 Å². The number of urea groups is 1. The predicted molar refractivity (Wildman–Crippen MR) is 64.8 cm³/mol. The zero-order valence-electron chi connectivity index (χ0n) is 8.07. The number of hydrogen-bond donors (Lipinski definition) is 1. The first kappa shape index (κ1) is 11.1. The van der Waals surface area contributed by atoms with Crippen LogP contribution in [0.3, 0.4) is 0 Å². The van der Waals surface area contributed by atoms with Gasteiger partial charge in [-0.2, -0.15) is 0 Å².